The van der Waals surface area contributed by atoms with Crippen molar-refractivity contribution in [1.82, 2.24) is 4.90 Å². The van der Waals surface area contributed by atoms with Crippen LogP contribution in [0.3, 0.4) is 0 Å². The second-order valence-corrected chi connectivity index (χ2v) is 4.21. The number of ether oxygens (including phenoxy) is 1. The number of amidine groups is 1. The molecule has 1 rings (SSSR count). The van der Waals surface area contributed by atoms with Crippen molar-refractivity contribution in [3.8, 4) is 0 Å². The van der Waals surface area contributed by atoms with Gasteiger partial charge < -0.3 is 15.4 Å². The largest absolute Gasteiger partial charge is 0.387 e. The number of hydrogen-bond acceptors (Lipinski definition) is 3. The van der Waals surface area contributed by atoms with Gasteiger partial charge in [0.25, 0.3) is 0 Å². The first kappa shape index (κ1) is 11.5. The molecule has 0 aliphatic carbocycles. The maximum absolute atomic E-state index is 7.30. The lowest BCUT2D eigenvalue weighted by atomic mass is 10.1. The first-order chi connectivity index (χ1) is 6.59. The van der Waals surface area contributed by atoms with Crippen LogP contribution in [0.5, 0.6) is 0 Å². The van der Waals surface area contributed by atoms with E-state index >= 15 is 0 Å². The molecule has 2 atom stereocenters. The van der Waals surface area contributed by atoms with E-state index in [-0.39, 0.29) is 11.8 Å². The van der Waals surface area contributed by atoms with Crippen LogP contribution in [0.1, 0.15) is 19.8 Å². The highest BCUT2D eigenvalue weighted by Gasteiger charge is 2.18. The number of nitrogens with two attached hydrogens (primary N) is 1. The van der Waals surface area contributed by atoms with E-state index in [2.05, 4.69) is 11.9 Å². The fraction of sp³-hybridized carbons (Fsp3) is 0.900. The summed E-state index contributed by atoms with van der Waals surface area (Å²) in [5.74, 6) is 0.408. The quantitative estimate of drug-likeness (QED) is 0.505. The van der Waals surface area contributed by atoms with E-state index in [1.165, 1.54) is 12.8 Å². The Bertz CT molecular complexity index is 190. The topological polar surface area (TPSA) is 62.3 Å². The van der Waals surface area contributed by atoms with Gasteiger partial charge in [0, 0.05) is 25.6 Å². The van der Waals surface area contributed by atoms with E-state index in [0.717, 1.165) is 19.7 Å². The number of hydrogen-bond donors (Lipinski definition) is 2. The molecule has 82 valence electrons. The molecule has 0 spiro atoms. The fourth-order valence-electron chi connectivity index (χ4n) is 1.78. The lowest BCUT2D eigenvalue weighted by Crippen LogP contribution is -2.36. The third-order valence-electron chi connectivity index (χ3n) is 2.66. The van der Waals surface area contributed by atoms with Gasteiger partial charge in [0.15, 0.2) is 0 Å². The Labute approximate surface area is 85.9 Å². The molecule has 1 heterocycles. The maximum atomic E-state index is 7.30. The van der Waals surface area contributed by atoms with Crippen LogP contribution in [0.2, 0.25) is 0 Å². The first-order valence-corrected chi connectivity index (χ1v) is 5.23. The van der Waals surface area contributed by atoms with Crippen LogP contribution in [0.25, 0.3) is 0 Å². The highest BCUT2D eigenvalue weighted by atomic mass is 16.5. The predicted octanol–water partition coefficient (Wildman–Crippen LogP) is 0.669. The molecule has 0 aromatic carbocycles. The summed E-state index contributed by atoms with van der Waals surface area (Å²) in [6.45, 7) is 4.68. The molecule has 4 nitrogen and oxygen atoms in total. The molecule has 0 radical (unpaired) electrons. The standard InChI is InChI=1S/C10H21N3O/c1-8(10(11)12)6-13(2)7-9-4-3-5-14-9/h8-9H,3-7H2,1-2H3,(H3,11,12). The zero-order chi connectivity index (χ0) is 10.6. The van der Waals surface area contributed by atoms with E-state index in [0.29, 0.717) is 6.10 Å². The van der Waals surface area contributed by atoms with Gasteiger partial charge >= 0.3 is 0 Å². The Hall–Kier alpha value is -0.610. The van der Waals surface area contributed by atoms with Crippen molar-refractivity contribution in [1.29, 1.82) is 5.41 Å². The van der Waals surface area contributed by atoms with Gasteiger partial charge in [0.2, 0.25) is 0 Å². The van der Waals surface area contributed by atoms with Crippen molar-refractivity contribution in [2.75, 3.05) is 26.7 Å². The highest BCUT2D eigenvalue weighted by Crippen LogP contribution is 2.13. The average molecular weight is 199 g/mol. The zero-order valence-corrected chi connectivity index (χ0v) is 9.12. The van der Waals surface area contributed by atoms with Crippen LogP contribution in [0.15, 0.2) is 0 Å². The smallest absolute Gasteiger partial charge is 0.0947 e. The summed E-state index contributed by atoms with van der Waals surface area (Å²) in [5, 5.41) is 7.30. The molecule has 0 aromatic rings. The summed E-state index contributed by atoms with van der Waals surface area (Å²) < 4.78 is 5.54. The van der Waals surface area contributed by atoms with Crippen LogP contribution in [0.4, 0.5) is 0 Å². The molecular weight excluding hydrogens is 178 g/mol. The van der Waals surface area contributed by atoms with Crippen molar-refractivity contribution in [3.63, 3.8) is 0 Å². The highest BCUT2D eigenvalue weighted by molar-refractivity contribution is 5.79. The van der Waals surface area contributed by atoms with Crippen molar-refractivity contribution in [2.24, 2.45) is 11.7 Å². The van der Waals surface area contributed by atoms with Gasteiger partial charge in [-0.3, -0.25) is 5.41 Å². The molecule has 0 amide bonds. The van der Waals surface area contributed by atoms with Crippen LogP contribution in [-0.4, -0.2) is 43.6 Å². The fourth-order valence-corrected chi connectivity index (χ4v) is 1.78. The van der Waals surface area contributed by atoms with E-state index in [1.807, 2.05) is 6.92 Å². The van der Waals surface area contributed by atoms with Crippen LogP contribution in [0, 0.1) is 11.3 Å². The van der Waals surface area contributed by atoms with Gasteiger partial charge in [-0.1, -0.05) is 6.92 Å². The Morgan fingerprint density at radius 2 is 2.43 bits per heavy atom. The molecule has 14 heavy (non-hydrogen) atoms. The lowest BCUT2D eigenvalue weighted by Gasteiger charge is -2.23. The molecule has 0 bridgehead atoms. The van der Waals surface area contributed by atoms with Crippen LogP contribution >= 0.6 is 0 Å². The number of likely N-dealkylation sites (N-methyl/N-ethyl adjacent to an activating group) is 1. The Kier molecular flexibility index (Phi) is 4.35. The van der Waals surface area contributed by atoms with Gasteiger partial charge in [-0.2, -0.15) is 0 Å². The second-order valence-electron chi connectivity index (χ2n) is 4.21. The monoisotopic (exact) mass is 199 g/mol. The minimum atomic E-state index is 0.140. The van der Waals surface area contributed by atoms with Gasteiger partial charge in [0.1, 0.15) is 0 Å². The zero-order valence-electron chi connectivity index (χ0n) is 9.12. The molecule has 2 unspecified atom stereocenters. The molecule has 1 saturated heterocycles. The molecule has 1 aliphatic rings. The summed E-state index contributed by atoms with van der Waals surface area (Å²) in [5.41, 5.74) is 5.42. The van der Waals surface area contributed by atoms with E-state index in [9.17, 15) is 0 Å². The first-order valence-electron chi connectivity index (χ1n) is 5.23. The maximum Gasteiger partial charge on any atom is 0.0947 e. The van der Waals surface area contributed by atoms with E-state index in [1.54, 1.807) is 0 Å². The Morgan fingerprint density at radius 1 is 1.71 bits per heavy atom. The second kappa shape index (κ2) is 5.32. The normalized spacial score (nSPS) is 24.1. The molecule has 0 saturated carbocycles. The lowest BCUT2D eigenvalue weighted by molar-refractivity contribution is 0.0795. The van der Waals surface area contributed by atoms with Gasteiger partial charge in [-0.15, -0.1) is 0 Å². The molecule has 3 N–H and O–H groups in total. The Morgan fingerprint density at radius 3 is 2.93 bits per heavy atom. The number of nitrogens with one attached hydrogen (secondary N) is 1. The summed E-state index contributed by atoms with van der Waals surface area (Å²) in [7, 11) is 2.06. The molecule has 1 fully saturated rings. The summed E-state index contributed by atoms with van der Waals surface area (Å²) >= 11 is 0. The van der Waals surface area contributed by atoms with Crippen molar-refractivity contribution in [2.45, 2.75) is 25.9 Å². The molecule has 0 aromatic heterocycles. The van der Waals surface area contributed by atoms with Gasteiger partial charge in [0.05, 0.1) is 11.9 Å². The number of rotatable bonds is 5. The summed E-state index contributed by atoms with van der Waals surface area (Å²) in [6, 6.07) is 0. The third kappa shape index (κ3) is 3.64. The molecule has 1 aliphatic heterocycles. The SMILES string of the molecule is CC(CN(C)CC1CCCO1)C(=N)N. The van der Waals surface area contributed by atoms with E-state index in [4.69, 9.17) is 15.9 Å². The molecular formula is C10H21N3O. The summed E-state index contributed by atoms with van der Waals surface area (Å²) in [6.07, 6.45) is 2.73. The van der Waals surface area contributed by atoms with Gasteiger partial charge in [-0.05, 0) is 19.9 Å². The van der Waals surface area contributed by atoms with Crippen LogP contribution < -0.4 is 5.73 Å². The minimum absolute atomic E-state index is 0.140. The van der Waals surface area contributed by atoms with Crippen molar-refractivity contribution >= 4 is 5.84 Å². The minimum Gasteiger partial charge on any atom is -0.387 e. The predicted molar refractivity (Wildman–Crippen MR) is 57.5 cm³/mol. The number of nitrogens with zero attached hydrogens (tertiary/aromatic N) is 1. The van der Waals surface area contributed by atoms with Crippen LogP contribution in [-0.2, 0) is 4.74 Å². The average Bonchev–Trinajstić information content (AvgIpc) is 2.56. The summed E-state index contributed by atoms with van der Waals surface area (Å²) in [4.78, 5) is 2.20. The molecule has 4 heteroatoms. The van der Waals surface area contributed by atoms with Gasteiger partial charge in [-0.25, -0.2) is 0 Å². The third-order valence-corrected chi connectivity index (χ3v) is 2.66. The van der Waals surface area contributed by atoms with Crippen molar-refractivity contribution in [3.05, 3.63) is 0 Å². The van der Waals surface area contributed by atoms with Crippen molar-refractivity contribution < 1.29 is 4.74 Å². The van der Waals surface area contributed by atoms with E-state index < -0.39 is 0 Å². The Balaban J connectivity index is 2.20.